The molecule has 4 heteroatoms. The van der Waals surface area contributed by atoms with Gasteiger partial charge in [0.05, 0.1) is 13.2 Å². The Balaban J connectivity index is 2.78. The molecule has 1 aromatic carbocycles. The van der Waals surface area contributed by atoms with Crippen LogP contribution >= 0.6 is 0 Å². The van der Waals surface area contributed by atoms with Crippen LogP contribution in [0.1, 0.15) is 24.1 Å². The van der Waals surface area contributed by atoms with Crippen LogP contribution in [0.4, 0.5) is 9.18 Å². The van der Waals surface area contributed by atoms with Gasteiger partial charge in [0.25, 0.3) is 0 Å². The zero-order valence-electron chi connectivity index (χ0n) is 9.00. The number of ether oxygens (including phenoxy) is 1. The van der Waals surface area contributed by atoms with Crippen LogP contribution in [0, 0.1) is 12.7 Å². The summed E-state index contributed by atoms with van der Waals surface area (Å²) in [6, 6.07) is 4.60. The minimum Gasteiger partial charge on any atom is -0.453 e. The molecule has 82 valence electrons. The molecule has 0 aliphatic carbocycles. The van der Waals surface area contributed by atoms with Crippen molar-refractivity contribution in [1.82, 2.24) is 5.32 Å². The lowest BCUT2D eigenvalue weighted by molar-refractivity contribution is 0.167. The maximum Gasteiger partial charge on any atom is 0.407 e. The van der Waals surface area contributed by atoms with E-state index in [9.17, 15) is 9.18 Å². The highest BCUT2D eigenvalue weighted by Crippen LogP contribution is 2.16. The smallest absolute Gasteiger partial charge is 0.407 e. The molecule has 15 heavy (non-hydrogen) atoms. The minimum atomic E-state index is -0.525. The van der Waals surface area contributed by atoms with Gasteiger partial charge in [-0.05, 0) is 31.0 Å². The van der Waals surface area contributed by atoms with Crippen molar-refractivity contribution in [2.45, 2.75) is 19.9 Å². The number of benzene rings is 1. The fourth-order valence-corrected chi connectivity index (χ4v) is 1.20. The quantitative estimate of drug-likeness (QED) is 0.816. The summed E-state index contributed by atoms with van der Waals surface area (Å²) in [5.74, 6) is -0.272. The van der Waals surface area contributed by atoms with E-state index in [0.717, 1.165) is 0 Å². The number of hydrogen-bond acceptors (Lipinski definition) is 2. The van der Waals surface area contributed by atoms with Crippen LogP contribution in [0.3, 0.4) is 0 Å². The predicted octanol–water partition coefficient (Wildman–Crippen LogP) is 2.55. The van der Waals surface area contributed by atoms with Gasteiger partial charge in [-0.25, -0.2) is 9.18 Å². The highest BCUT2D eigenvalue weighted by atomic mass is 19.1. The maximum absolute atomic E-state index is 13.2. The zero-order valence-corrected chi connectivity index (χ0v) is 9.00. The average Bonchev–Trinajstić information content (AvgIpc) is 2.21. The van der Waals surface area contributed by atoms with E-state index < -0.39 is 6.09 Å². The van der Waals surface area contributed by atoms with Gasteiger partial charge in [0.2, 0.25) is 0 Å². The van der Waals surface area contributed by atoms with Gasteiger partial charge in [0, 0.05) is 0 Å². The molecule has 3 nitrogen and oxygen atoms in total. The van der Waals surface area contributed by atoms with Gasteiger partial charge in [0.1, 0.15) is 5.82 Å². The van der Waals surface area contributed by atoms with E-state index in [2.05, 4.69) is 10.1 Å². The Bertz CT molecular complexity index is 366. The molecule has 0 fully saturated rings. The number of rotatable bonds is 2. The zero-order chi connectivity index (χ0) is 11.4. The number of amides is 1. The topological polar surface area (TPSA) is 38.3 Å². The van der Waals surface area contributed by atoms with Crippen molar-refractivity contribution in [2.24, 2.45) is 0 Å². The van der Waals surface area contributed by atoms with Gasteiger partial charge in [0.15, 0.2) is 0 Å². The van der Waals surface area contributed by atoms with Crippen molar-refractivity contribution in [1.29, 1.82) is 0 Å². The summed E-state index contributed by atoms with van der Waals surface area (Å²) < 4.78 is 17.7. The molecule has 1 atom stereocenters. The molecule has 0 spiro atoms. The molecular formula is C11H14FNO2. The standard InChI is InChI=1S/C11H14FNO2/c1-7-4-5-9(6-10(7)12)8(2)13-11(14)15-3/h4-6,8H,1-3H3,(H,13,14). The van der Waals surface area contributed by atoms with E-state index in [0.29, 0.717) is 11.1 Å². The van der Waals surface area contributed by atoms with Gasteiger partial charge in [-0.2, -0.15) is 0 Å². The van der Waals surface area contributed by atoms with Crippen molar-refractivity contribution in [3.8, 4) is 0 Å². The molecule has 1 amide bonds. The lowest BCUT2D eigenvalue weighted by Crippen LogP contribution is -2.26. The van der Waals surface area contributed by atoms with Gasteiger partial charge in [-0.15, -0.1) is 0 Å². The van der Waals surface area contributed by atoms with Crippen molar-refractivity contribution >= 4 is 6.09 Å². The van der Waals surface area contributed by atoms with Gasteiger partial charge in [-0.1, -0.05) is 12.1 Å². The molecule has 0 saturated carbocycles. The number of halogens is 1. The summed E-state index contributed by atoms with van der Waals surface area (Å²) in [6.45, 7) is 3.46. The van der Waals surface area contributed by atoms with Crippen LogP contribution in [-0.2, 0) is 4.74 Å². The molecule has 1 unspecified atom stereocenters. The van der Waals surface area contributed by atoms with Crippen LogP contribution in [-0.4, -0.2) is 13.2 Å². The maximum atomic E-state index is 13.2. The normalized spacial score (nSPS) is 12.0. The fourth-order valence-electron chi connectivity index (χ4n) is 1.20. The second-order valence-electron chi connectivity index (χ2n) is 3.37. The molecule has 0 bridgehead atoms. The van der Waals surface area contributed by atoms with Gasteiger partial charge in [-0.3, -0.25) is 0 Å². The molecule has 1 rings (SSSR count). The summed E-state index contributed by atoms with van der Waals surface area (Å²) in [4.78, 5) is 10.9. The summed E-state index contributed by atoms with van der Waals surface area (Å²) in [6.07, 6.45) is -0.525. The fraction of sp³-hybridized carbons (Fsp3) is 0.364. The lowest BCUT2D eigenvalue weighted by atomic mass is 10.1. The largest absolute Gasteiger partial charge is 0.453 e. The third-order valence-corrected chi connectivity index (χ3v) is 2.22. The van der Waals surface area contributed by atoms with Crippen molar-refractivity contribution in [2.75, 3.05) is 7.11 Å². The summed E-state index contributed by atoms with van der Waals surface area (Å²) in [7, 11) is 1.29. The summed E-state index contributed by atoms with van der Waals surface area (Å²) >= 11 is 0. The van der Waals surface area contributed by atoms with Crippen molar-refractivity contribution < 1.29 is 13.9 Å². The Labute approximate surface area is 88.2 Å². The third kappa shape index (κ3) is 2.94. The van der Waals surface area contributed by atoms with Crippen LogP contribution < -0.4 is 5.32 Å². The first kappa shape index (κ1) is 11.5. The Kier molecular flexibility index (Phi) is 3.66. The van der Waals surface area contributed by atoms with E-state index in [1.807, 2.05) is 0 Å². The second-order valence-corrected chi connectivity index (χ2v) is 3.37. The number of carbonyl (C=O) groups is 1. The molecule has 0 heterocycles. The van der Waals surface area contributed by atoms with E-state index >= 15 is 0 Å². The number of aryl methyl sites for hydroxylation is 1. The van der Waals surface area contributed by atoms with Crippen molar-refractivity contribution in [3.63, 3.8) is 0 Å². The summed E-state index contributed by atoms with van der Waals surface area (Å²) in [5, 5.41) is 2.56. The van der Waals surface area contributed by atoms with Gasteiger partial charge >= 0.3 is 6.09 Å². The number of nitrogens with one attached hydrogen (secondary N) is 1. The highest BCUT2D eigenvalue weighted by molar-refractivity contribution is 5.67. The minimum absolute atomic E-state index is 0.271. The Morgan fingerprint density at radius 3 is 2.73 bits per heavy atom. The number of hydrogen-bond donors (Lipinski definition) is 1. The summed E-state index contributed by atoms with van der Waals surface area (Å²) in [5.41, 5.74) is 1.30. The monoisotopic (exact) mass is 211 g/mol. The highest BCUT2D eigenvalue weighted by Gasteiger charge is 2.10. The van der Waals surface area contributed by atoms with E-state index in [1.54, 1.807) is 26.0 Å². The first-order chi connectivity index (χ1) is 7.04. The Morgan fingerprint density at radius 1 is 1.53 bits per heavy atom. The molecule has 0 aliphatic rings. The van der Waals surface area contributed by atoms with Crippen LogP contribution in [0.25, 0.3) is 0 Å². The van der Waals surface area contributed by atoms with E-state index in [1.165, 1.54) is 13.2 Å². The van der Waals surface area contributed by atoms with Crippen LogP contribution in [0.5, 0.6) is 0 Å². The van der Waals surface area contributed by atoms with Crippen LogP contribution in [0.2, 0.25) is 0 Å². The molecule has 0 saturated heterocycles. The van der Waals surface area contributed by atoms with E-state index in [-0.39, 0.29) is 11.9 Å². The third-order valence-electron chi connectivity index (χ3n) is 2.22. The second kappa shape index (κ2) is 4.77. The first-order valence-corrected chi connectivity index (χ1v) is 4.65. The number of methoxy groups -OCH3 is 1. The van der Waals surface area contributed by atoms with E-state index in [4.69, 9.17) is 0 Å². The molecule has 0 aliphatic heterocycles. The Morgan fingerprint density at radius 2 is 2.20 bits per heavy atom. The number of alkyl carbamates (subject to hydrolysis) is 1. The molecule has 1 aromatic rings. The molecular weight excluding hydrogens is 197 g/mol. The average molecular weight is 211 g/mol. The van der Waals surface area contributed by atoms with Gasteiger partial charge < -0.3 is 10.1 Å². The predicted molar refractivity (Wildman–Crippen MR) is 55.1 cm³/mol. The molecule has 1 N–H and O–H groups in total. The number of carbonyl (C=O) groups excluding carboxylic acids is 1. The molecule has 0 aromatic heterocycles. The van der Waals surface area contributed by atoms with Crippen LogP contribution in [0.15, 0.2) is 18.2 Å². The molecule has 0 radical (unpaired) electrons. The SMILES string of the molecule is COC(=O)NC(C)c1ccc(C)c(F)c1. The first-order valence-electron chi connectivity index (χ1n) is 4.65. The van der Waals surface area contributed by atoms with Crippen molar-refractivity contribution in [3.05, 3.63) is 35.1 Å². The lowest BCUT2D eigenvalue weighted by Gasteiger charge is -2.13. The Hall–Kier alpha value is -1.58.